The van der Waals surface area contributed by atoms with Crippen molar-refractivity contribution in [1.29, 1.82) is 0 Å². The van der Waals surface area contributed by atoms with Gasteiger partial charge in [-0.25, -0.2) is 4.79 Å². The second-order valence-corrected chi connectivity index (χ2v) is 8.86. The summed E-state index contributed by atoms with van der Waals surface area (Å²) in [6.45, 7) is 5.85. The van der Waals surface area contributed by atoms with Gasteiger partial charge in [-0.3, -0.25) is 9.36 Å². The first-order chi connectivity index (χ1) is 16.0. The lowest BCUT2D eigenvalue weighted by Crippen LogP contribution is -2.16. The predicted molar refractivity (Wildman–Crippen MR) is 128 cm³/mol. The fraction of sp³-hybridized carbons (Fsp3) is 0.217. The number of para-hydroxylation sites is 1. The van der Waals surface area contributed by atoms with Crippen LogP contribution in [0.2, 0.25) is 0 Å². The van der Waals surface area contributed by atoms with Gasteiger partial charge in [-0.05, 0) is 44.5 Å². The van der Waals surface area contributed by atoms with E-state index in [1.807, 2.05) is 42.7 Å². The van der Waals surface area contributed by atoms with Crippen molar-refractivity contribution in [2.24, 2.45) is 0 Å². The Morgan fingerprint density at radius 2 is 2.00 bits per heavy atom. The van der Waals surface area contributed by atoms with Crippen molar-refractivity contribution in [2.75, 3.05) is 17.7 Å². The number of hydrogen-bond donors (Lipinski definition) is 1. The molecule has 1 aromatic carbocycles. The fourth-order valence-electron chi connectivity index (χ4n) is 3.29. The highest BCUT2D eigenvalue weighted by molar-refractivity contribution is 7.99. The van der Waals surface area contributed by atoms with E-state index in [1.165, 1.54) is 29.4 Å². The predicted octanol–water partition coefficient (Wildman–Crippen LogP) is 5.11. The molecule has 0 aliphatic rings. The maximum Gasteiger partial charge on any atom is 0.341 e. The number of benzene rings is 1. The van der Waals surface area contributed by atoms with Crippen molar-refractivity contribution < 1.29 is 18.7 Å². The number of carbonyl (C=O) groups excluding carboxylic acids is 2. The van der Waals surface area contributed by atoms with Crippen molar-refractivity contribution in [3.8, 4) is 17.0 Å². The van der Waals surface area contributed by atoms with Gasteiger partial charge in [-0.1, -0.05) is 30.0 Å². The van der Waals surface area contributed by atoms with E-state index >= 15 is 0 Å². The Morgan fingerprint density at radius 1 is 1.18 bits per heavy atom. The van der Waals surface area contributed by atoms with Crippen LogP contribution in [-0.4, -0.2) is 39.0 Å². The molecule has 1 N–H and O–H groups in total. The van der Waals surface area contributed by atoms with Crippen LogP contribution in [0, 0.1) is 13.8 Å². The third kappa shape index (κ3) is 4.86. The molecule has 0 atom stereocenters. The minimum Gasteiger partial charge on any atom is -0.464 e. The first-order valence-corrected chi connectivity index (χ1v) is 12.1. The Morgan fingerprint density at radius 3 is 2.73 bits per heavy atom. The number of aryl methyl sites for hydroxylation is 2. The Kier molecular flexibility index (Phi) is 6.95. The molecule has 170 valence electrons. The van der Waals surface area contributed by atoms with Gasteiger partial charge in [0.2, 0.25) is 5.91 Å². The highest BCUT2D eigenvalue weighted by atomic mass is 32.2. The first-order valence-electron chi connectivity index (χ1n) is 10.2. The molecule has 0 aliphatic carbocycles. The summed E-state index contributed by atoms with van der Waals surface area (Å²) in [5, 5.41) is 14.1. The number of anilines is 1. The Labute approximate surface area is 199 Å². The Balaban J connectivity index is 1.52. The molecule has 0 bridgehead atoms. The number of thiophene rings is 1. The first kappa shape index (κ1) is 22.8. The minimum atomic E-state index is -0.511. The van der Waals surface area contributed by atoms with Gasteiger partial charge in [0.15, 0.2) is 5.16 Å². The van der Waals surface area contributed by atoms with Crippen LogP contribution in [0.1, 0.15) is 28.7 Å². The Bertz CT molecular complexity index is 1280. The van der Waals surface area contributed by atoms with Gasteiger partial charge in [0.05, 0.1) is 24.3 Å². The molecular formula is C23H22N4O4S2. The molecule has 4 rings (SSSR count). The van der Waals surface area contributed by atoms with Crippen molar-refractivity contribution in [3.05, 3.63) is 65.0 Å². The highest BCUT2D eigenvalue weighted by Crippen LogP contribution is 2.36. The molecule has 0 saturated carbocycles. The molecule has 0 saturated heterocycles. The number of esters is 1. The number of amides is 1. The number of thioether (sulfide) groups is 1. The zero-order valence-electron chi connectivity index (χ0n) is 18.3. The average molecular weight is 483 g/mol. The SMILES string of the molecule is CCOC(=O)c1c(-c2ccco2)csc1NC(=O)CSc1nnc(C)n1-c1ccccc1C. The van der Waals surface area contributed by atoms with Crippen LogP contribution in [0.3, 0.4) is 0 Å². The lowest BCUT2D eigenvalue weighted by molar-refractivity contribution is -0.113. The molecular weight excluding hydrogens is 460 g/mol. The van der Waals surface area contributed by atoms with Crippen LogP contribution < -0.4 is 5.32 Å². The van der Waals surface area contributed by atoms with E-state index < -0.39 is 5.97 Å². The molecule has 0 aliphatic heterocycles. The van der Waals surface area contributed by atoms with Crippen LogP contribution in [0.25, 0.3) is 17.0 Å². The van der Waals surface area contributed by atoms with Crippen LogP contribution in [0.4, 0.5) is 5.00 Å². The van der Waals surface area contributed by atoms with Crippen LogP contribution in [-0.2, 0) is 9.53 Å². The third-order valence-corrected chi connectivity index (χ3v) is 6.62. The lowest BCUT2D eigenvalue weighted by Gasteiger charge is -2.11. The molecule has 3 aromatic heterocycles. The van der Waals surface area contributed by atoms with Gasteiger partial charge in [0.1, 0.15) is 22.1 Å². The molecule has 0 radical (unpaired) electrons. The topological polar surface area (TPSA) is 99.2 Å². The normalized spacial score (nSPS) is 10.9. The van der Waals surface area contributed by atoms with E-state index in [-0.39, 0.29) is 23.8 Å². The number of furan rings is 1. The molecule has 4 aromatic rings. The summed E-state index contributed by atoms with van der Waals surface area (Å²) in [6, 6.07) is 11.4. The van der Waals surface area contributed by atoms with Gasteiger partial charge < -0.3 is 14.5 Å². The van der Waals surface area contributed by atoms with Crippen LogP contribution in [0.15, 0.2) is 57.6 Å². The van der Waals surface area contributed by atoms with E-state index in [1.54, 1.807) is 24.4 Å². The van der Waals surface area contributed by atoms with Gasteiger partial charge in [0.25, 0.3) is 0 Å². The van der Waals surface area contributed by atoms with Gasteiger partial charge in [0, 0.05) is 10.9 Å². The summed E-state index contributed by atoms with van der Waals surface area (Å²) in [6.07, 6.45) is 1.53. The summed E-state index contributed by atoms with van der Waals surface area (Å²) < 4.78 is 12.6. The highest BCUT2D eigenvalue weighted by Gasteiger charge is 2.24. The average Bonchev–Trinajstić information content (AvgIpc) is 3.53. The van der Waals surface area contributed by atoms with Crippen LogP contribution >= 0.6 is 23.1 Å². The largest absolute Gasteiger partial charge is 0.464 e. The molecule has 8 nitrogen and oxygen atoms in total. The number of hydrogen-bond acceptors (Lipinski definition) is 8. The standard InChI is InChI=1S/C23H22N4O4S2/c1-4-30-22(29)20-16(18-10-7-11-31-18)12-32-21(20)24-19(28)13-33-23-26-25-15(3)27(23)17-9-6-5-8-14(17)2/h5-12H,4,13H2,1-3H3,(H,24,28). The summed E-state index contributed by atoms with van der Waals surface area (Å²) in [5.74, 6) is 0.586. The molecule has 33 heavy (non-hydrogen) atoms. The summed E-state index contributed by atoms with van der Waals surface area (Å²) in [5.41, 5.74) is 2.92. The summed E-state index contributed by atoms with van der Waals surface area (Å²) >= 11 is 2.52. The maximum atomic E-state index is 12.8. The molecule has 10 heteroatoms. The smallest absolute Gasteiger partial charge is 0.341 e. The van der Waals surface area contributed by atoms with E-state index in [4.69, 9.17) is 9.15 Å². The van der Waals surface area contributed by atoms with E-state index in [2.05, 4.69) is 15.5 Å². The fourth-order valence-corrected chi connectivity index (χ4v) is 5.03. The van der Waals surface area contributed by atoms with Crippen molar-refractivity contribution in [2.45, 2.75) is 25.9 Å². The number of carbonyl (C=O) groups is 2. The number of ether oxygens (including phenoxy) is 1. The number of rotatable bonds is 8. The summed E-state index contributed by atoms with van der Waals surface area (Å²) in [4.78, 5) is 25.4. The van der Waals surface area contributed by atoms with Gasteiger partial charge >= 0.3 is 5.97 Å². The zero-order chi connectivity index (χ0) is 23.4. The molecule has 1 amide bonds. The lowest BCUT2D eigenvalue weighted by atomic mass is 10.1. The molecule has 3 heterocycles. The molecule has 0 fully saturated rings. The quantitative estimate of drug-likeness (QED) is 0.275. The van der Waals surface area contributed by atoms with Crippen LogP contribution in [0.5, 0.6) is 0 Å². The van der Waals surface area contributed by atoms with Crippen molar-refractivity contribution >= 4 is 40.0 Å². The Hall–Kier alpha value is -3.37. The summed E-state index contributed by atoms with van der Waals surface area (Å²) in [7, 11) is 0. The second-order valence-electron chi connectivity index (χ2n) is 7.04. The number of nitrogens with zero attached hydrogens (tertiary/aromatic N) is 3. The number of aromatic nitrogens is 3. The minimum absolute atomic E-state index is 0.0975. The van der Waals surface area contributed by atoms with Gasteiger partial charge in [-0.15, -0.1) is 21.5 Å². The van der Waals surface area contributed by atoms with Crippen molar-refractivity contribution in [3.63, 3.8) is 0 Å². The van der Waals surface area contributed by atoms with E-state index in [0.717, 1.165) is 17.1 Å². The van der Waals surface area contributed by atoms with E-state index in [0.29, 0.717) is 21.5 Å². The maximum absolute atomic E-state index is 12.8. The zero-order valence-corrected chi connectivity index (χ0v) is 20.0. The third-order valence-electron chi connectivity index (χ3n) is 4.79. The molecule has 0 spiro atoms. The monoisotopic (exact) mass is 482 g/mol. The molecule has 0 unspecified atom stereocenters. The number of nitrogens with one attached hydrogen (secondary N) is 1. The van der Waals surface area contributed by atoms with Gasteiger partial charge in [-0.2, -0.15) is 0 Å². The van der Waals surface area contributed by atoms with Crippen molar-refractivity contribution in [1.82, 2.24) is 14.8 Å². The van der Waals surface area contributed by atoms with E-state index in [9.17, 15) is 9.59 Å². The second kappa shape index (κ2) is 10.1.